The molecule has 0 spiro atoms. The van der Waals surface area contributed by atoms with E-state index >= 15 is 0 Å². The molecule has 0 N–H and O–H groups in total. The predicted octanol–water partition coefficient (Wildman–Crippen LogP) is 1.78. The van der Waals surface area contributed by atoms with Crippen LogP contribution < -0.4 is 0 Å². The molecule has 3 rings (SSSR count). The van der Waals surface area contributed by atoms with Crippen molar-refractivity contribution < 1.29 is 17.9 Å². The third-order valence-corrected chi connectivity index (χ3v) is 7.19. The van der Waals surface area contributed by atoms with Gasteiger partial charge in [0, 0.05) is 26.2 Å². The topological polar surface area (TPSA) is 66.9 Å². The Morgan fingerprint density at radius 3 is 2.61 bits per heavy atom. The van der Waals surface area contributed by atoms with E-state index in [1.807, 2.05) is 13.8 Å². The van der Waals surface area contributed by atoms with Crippen LogP contribution in [0.3, 0.4) is 0 Å². The summed E-state index contributed by atoms with van der Waals surface area (Å²) < 4.78 is 32.6. The summed E-state index contributed by atoms with van der Waals surface area (Å²) in [7, 11) is -3.57. The highest BCUT2D eigenvalue weighted by atomic mass is 32.2. The monoisotopic (exact) mass is 358 g/mol. The molecular weight excluding hydrogens is 336 g/mol. The number of carbonyl (C=O) groups is 1. The summed E-state index contributed by atoms with van der Waals surface area (Å²) in [6, 6.07) is 1.55. The number of nitrogens with zero attached hydrogens (tertiary/aromatic N) is 2. The molecule has 8 heteroatoms. The van der Waals surface area contributed by atoms with Crippen LogP contribution in [0.1, 0.15) is 36.4 Å². The normalized spacial score (nSPS) is 22.4. The number of sulfonamides is 1. The van der Waals surface area contributed by atoms with Crippen LogP contribution >= 0.6 is 11.3 Å². The summed E-state index contributed by atoms with van der Waals surface area (Å²) in [5.74, 6) is -0.214. The van der Waals surface area contributed by atoms with E-state index in [9.17, 15) is 13.2 Å². The van der Waals surface area contributed by atoms with Crippen LogP contribution in [0.5, 0.6) is 0 Å². The average molecular weight is 358 g/mol. The van der Waals surface area contributed by atoms with Gasteiger partial charge in [0.1, 0.15) is 9.77 Å². The Hall–Kier alpha value is -0.960. The van der Waals surface area contributed by atoms with Gasteiger partial charge in [0.2, 0.25) is 10.0 Å². The molecule has 2 fully saturated rings. The van der Waals surface area contributed by atoms with Gasteiger partial charge in [0.05, 0.1) is 12.2 Å². The largest absolute Gasteiger partial charge is 0.372 e. The van der Waals surface area contributed by atoms with Gasteiger partial charge in [-0.1, -0.05) is 0 Å². The van der Waals surface area contributed by atoms with Crippen molar-refractivity contribution in [2.75, 3.05) is 32.8 Å². The molecule has 0 aromatic carbocycles. The molecule has 0 aliphatic carbocycles. The predicted molar refractivity (Wildman–Crippen MR) is 88.2 cm³/mol. The third kappa shape index (κ3) is 3.31. The summed E-state index contributed by atoms with van der Waals surface area (Å²) >= 11 is 1.20. The number of hydrogen-bond donors (Lipinski definition) is 0. The Bertz CT molecular complexity index is 690. The van der Waals surface area contributed by atoms with Crippen molar-refractivity contribution in [1.82, 2.24) is 9.21 Å². The SMILES string of the molecule is CC1(C)CN(C(=O)c2sccc2S(=O)(=O)N2CCCC2)CCO1. The number of hydrogen-bond acceptors (Lipinski definition) is 5. The fraction of sp³-hybridized carbons (Fsp3) is 0.667. The zero-order chi connectivity index (χ0) is 16.7. The molecule has 3 heterocycles. The molecule has 0 saturated carbocycles. The number of carbonyl (C=O) groups excluding carboxylic acids is 1. The summed E-state index contributed by atoms with van der Waals surface area (Å²) in [4.78, 5) is 15.0. The summed E-state index contributed by atoms with van der Waals surface area (Å²) in [5, 5.41) is 1.68. The Balaban J connectivity index is 1.87. The Labute approximate surface area is 141 Å². The van der Waals surface area contributed by atoms with Crippen LogP contribution in [0.15, 0.2) is 16.3 Å². The van der Waals surface area contributed by atoms with E-state index in [0.29, 0.717) is 37.7 Å². The van der Waals surface area contributed by atoms with Gasteiger partial charge in [-0.25, -0.2) is 8.42 Å². The first-order chi connectivity index (χ1) is 10.8. The molecule has 2 aliphatic rings. The number of ether oxygens (including phenoxy) is 1. The quantitative estimate of drug-likeness (QED) is 0.826. The molecule has 2 saturated heterocycles. The van der Waals surface area contributed by atoms with Gasteiger partial charge < -0.3 is 9.64 Å². The first-order valence-electron chi connectivity index (χ1n) is 7.82. The first kappa shape index (κ1) is 16.9. The fourth-order valence-electron chi connectivity index (χ4n) is 3.06. The number of rotatable bonds is 3. The number of thiophene rings is 1. The molecule has 1 amide bonds. The fourth-order valence-corrected chi connectivity index (χ4v) is 5.94. The van der Waals surface area contributed by atoms with Crippen LogP contribution in [-0.2, 0) is 14.8 Å². The zero-order valence-electron chi connectivity index (χ0n) is 13.4. The number of morpholine rings is 1. The molecule has 6 nitrogen and oxygen atoms in total. The molecule has 0 atom stereocenters. The minimum atomic E-state index is -3.57. The van der Waals surface area contributed by atoms with Crippen LogP contribution in [0.4, 0.5) is 0 Å². The van der Waals surface area contributed by atoms with Crippen molar-refractivity contribution in [3.05, 3.63) is 16.3 Å². The molecule has 2 aliphatic heterocycles. The standard InChI is InChI=1S/C15H22N2O4S2/c1-15(2)11-16(8-9-21-15)14(18)13-12(5-10-22-13)23(19,20)17-6-3-4-7-17/h5,10H,3-4,6-9,11H2,1-2H3. The van der Waals surface area contributed by atoms with Crippen LogP contribution in [0.2, 0.25) is 0 Å². The van der Waals surface area contributed by atoms with Gasteiger partial charge in [-0.05, 0) is 38.1 Å². The zero-order valence-corrected chi connectivity index (χ0v) is 15.1. The summed E-state index contributed by atoms with van der Waals surface area (Å²) in [6.45, 7) is 6.37. The highest BCUT2D eigenvalue weighted by molar-refractivity contribution is 7.89. The Kier molecular flexibility index (Phi) is 4.52. The molecule has 128 valence electrons. The molecular formula is C15H22N2O4S2. The Morgan fingerprint density at radius 2 is 1.96 bits per heavy atom. The van der Waals surface area contributed by atoms with E-state index < -0.39 is 15.6 Å². The molecule has 23 heavy (non-hydrogen) atoms. The van der Waals surface area contributed by atoms with E-state index in [0.717, 1.165) is 12.8 Å². The maximum atomic E-state index is 12.8. The lowest BCUT2D eigenvalue weighted by Crippen LogP contribution is -2.50. The maximum Gasteiger partial charge on any atom is 0.265 e. The lowest BCUT2D eigenvalue weighted by Gasteiger charge is -2.38. The van der Waals surface area contributed by atoms with Gasteiger partial charge >= 0.3 is 0 Å². The smallest absolute Gasteiger partial charge is 0.265 e. The lowest BCUT2D eigenvalue weighted by atomic mass is 10.1. The van der Waals surface area contributed by atoms with Crippen LogP contribution in [0, 0.1) is 0 Å². The molecule has 0 radical (unpaired) electrons. The second kappa shape index (κ2) is 6.16. The molecule has 0 unspecified atom stereocenters. The minimum Gasteiger partial charge on any atom is -0.372 e. The molecule has 1 aromatic heterocycles. The van der Waals surface area contributed by atoms with Gasteiger partial charge in [-0.3, -0.25) is 4.79 Å². The highest BCUT2D eigenvalue weighted by Gasteiger charge is 2.36. The van der Waals surface area contributed by atoms with Gasteiger partial charge in [-0.2, -0.15) is 4.31 Å². The summed E-state index contributed by atoms with van der Waals surface area (Å²) in [5.41, 5.74) is -0.404. The van der Waals surface area contributed by atoms with Gasteiger partial charge in [-0.15, -0.1) is 11.3 Å². The maximum absolute atomic E-state index is 12.8. The van der Waals surface area contributed by atoms with E-state index in [1.54, 1.807) is 16.3 Å². The minimum absolute atomic E-state index is 0.152. The lowest BCUT2D eigenvalue weighted by molar-refractivity contribution is -0.0763. The first-order valence-corrected chi connectivity index (χ1v) is 10.1. The number of amides is 1. The van der Waals surface area contributed by atoms with Crippen molar-refractivity contribution in [2.45, 2.75) is 37.2 Å². The van der Waals surface area contributed by atoms with E-state index in [4.69, 9.17) is 4.74 Å². The van der Waals surface area contributed by atoms with Gasteiger partial charge in [0.25, 0.3) is 5.91 Å². The average Bonchev–Trinajstić information content (AvgIpc) is 3.17. The van der Waals surface area contributed by atoms with E-state index in [-0.39, 0.29) is 10.8 Å². The highest BCUT2D eigenvalue weighted by Crippen LogP contribution is 2.29. The van der Waals surface area contributed by atoms with E-state index in [2.05, 4.69) is 0 Å². The summed E-state index contributed by atoms with van der Waals surface area (Å²) in [6.07, 6.45) is 1.76. The van der Waals surface area contributed by atoms with Crippen molar-refractivity contribution in [3.63, 3.8) is 0 Å². The second-order valence-electron chi connectivity index (χ2n) is 6.56. The molecule has 0 bridgehead atoms. The van der Waals surface area contributed by atoms with Crippen molar-refractivity contribution in [2.24, 2.45) is 0 Å². The van der Waals surface area contributed by atoms with Crippen LogP contribution in [0.25, 0.3) is 0 Å². The van der Waals surface area contributed by atoms with Gasteiger partial charge in [0.15, 0.2) is 0 Å². The van der Waals surface area contributed by atoms with Crippen molar-refractivity contribution in [3.8, 4) is 0 Å². The molecule has 1 aromatic rings. The van der Waals surface area contributed by atoms with Crippen molar-refractivity contribution >= 4 is 27.3 Å². The third-order valence-electron chi connectivity index (χ3n) is 4.22. The Morgan fingerprint density at radius 1 is 1.26 bits per heavy atom. The van der Waals surface area contributed by atoms with Crippen molar-refractivity contribution in [1.29, 1.82) is 0 Å². The van der Waals surface area contributed by atoms with Crippen LogP contribution in [-0.4, -0.2) is 61.9 Å². The second-order valence-corrected chi connectivity index (χ2v) is 9.38. The van der Waals surface area contributed by atoms with E-state index in [1.165, 1.54) is 15.6 Å².